The lowest BCUT2D eigenvalue weighted by atomic mass is 10.0. The number of aliphatic carboxylic acids is 1. The smallest absolute Gasteiger partial charge is 0.303 e. The molecular weight excluding hydrogens is 416 g/mol. The van der Waals surface area contributed by atoms with E-state index in [0.717, 1.165) is 0 Å². The molecule has 4 N–H and O–H groups in total. The Kier molecular flexibility index (Phi) is 10.3. The molecule has 0 aromatic heterocycles. The number of benzene rings is 1. The molecule has 1 aromatic rings. The summed E-state index contributed by atoms with van der Waals surface area (Å²) < 4.78 is 5.55. The van der Waals surface area contributed by atoms with Gasteiger partial charge in [0.2, 0.25) is 0 Å². The van der Waals surface area contributed by atoms with Crippen LogP contribution >= 0.6 is 23.4 Å². The van der Waals surface area contributed by atoms with Gasteiger partial charge in [-0.15, -0.1) is 0 Å². The van der Waals surface area contributed by atoms with Gasteiger partial charge >= 0.3 is 5.97 Å². The van der Waals surface area contributed by atoms with Crippen LogP contribution in [-0.4, -0.2) is 62.3 Å². The zero-order chi connectivity index (χ0) is 21.2. The average Bonchev–Trinajstić information content (AvgIpc) is 2.93. The molecule has 0 heterocycles. The van der Waals surface area contributed by atoms with E-state index in [-0.39, 0.29) is 24.2 Å². The Morgan fingerprint density at radius 3 is 2.83 bits per heavy atom. The molecule has 1 aliphatic carbocycles. The fraction of sp³-hybridized carbons (Fsp3) is 0.571. The highest BCUT2D eigenvalue weighted by Gasteiger charge is 2.41. The molecule has 0 radical (unpaired) electrons. The molecule has 1 saturated carbocycles. The van der Waals surface area contributed by atoms with Crippen molar-refractivity contribution in [3.8, 4) is 5.75 Å². The lowest BCUT2D eigenvalue weighted by Crippen LogP contribution is -2.28. The summed E-state index contributed by atoms with van der Waals surface area (Å²) in [6.07, 6.45) is 4.28. The summed E-state index contributed by atoms with van der Waals surface area (Å²) in [5.74, 6) is 0.0612. The molecule has 0 amide bonds. The lowest BCUT2D eigenvalue weighted by molar-refractivity contribution is -0.137. The first-order valence-electron chi connectivity index (χ1n) is 9.77. The number of aliphatic hydroxyl groups is 3. The number of thioether (sulfide) groups is 1. The van der Waals surface area contributed by atoms with Crippen LogP contribution in [0.4, 0.5) is 0 Å². The first kappa shape index (κ1) is 24.0. The zero-order valence-corrected chi connectivity index (χ0v) is 17.8. The maximum Gasteiger partial charge on any atom is 0.303 e. The highest BCUT2D eigenvalue weighted by molar-refractivity contribution is 8.00. The molecule has 0 unspecified atom stereocenters. The van der Waals surface area contributed by atoms with E-state index in [2.05, 4.69) is 0 Å². The van der Waals surface area contributed by atoms with Crippen molar-refractivity contribution in [2.24, 2.45) is 5.92 Å². The van der Waals surface area contributed by atoms with Crippen LogP contribution in [-0.2, 0) is 4.79 Å². The highest BCUT2D eigenvalue weighted by atomic mass is 35.5. The number of aliphatic hydroxyl groups excluding tert-OH is 3. The molecule has 6 nitrogen and oxygen atoms in total. The van der Waals surface area contributed by atoms with E-state index >= 15 is 0 Å². The van der Waals surface area contributed by atoms with E-state index in [9.17, 15) is 20.1 Å². The molecule has 0 saturated heterocycles. The molecule has 2 rings (SSSR count). The fourth-order valence-electron chi connectivity index (χ4n) is 3.35. The fourth-order valence-corrected chi connectivity index (χ4v) is 4.94. The van der Waals surface area contributed by atoms with E-state index in [1.54, 1.807) is 24.3 Å². The van der Waals surface area contributed by atoms with Gasteiger partial charge < -0.3 is 25.2 Å². The van der Waals surface area contributed by atoms with Crippen LogP contribution in [0.3, 0.4) is 0 Å². The molecule has 0 aliphatic heterocycles. The summed E-state index contributed by atoms with van der Waals surface area (Å²) in [6.45, 7) is 0.118. The maximum absolute atomic E-state index is 10.5. The molecule has 1 fully saturated rings. The standard InChI is InChI=1S/C21H29ClO6S/c22-14-6-5-7-16(10-14)28-12-15(23)13-29-21-17(18(24)11-19(21)25)8-3-1-2-4-9-20(26)27/h1,3,5-7,10,15,17-19,21,23-25H,2,4,8-9,11-13H2,(H,26,27)/b3-1-/t15-,17-,18-,19+,21+/m0/s1. The predicted octanol–water partition coefficient (Wildman–Crippen LogP) is 3.12. The number of carbonyl (C=O) groups is 1. The van der Waals surface area contributed by atoms with Crippen molar-refractivity contribution in [3.05, 3.63) is 41.4 Å². The van der Waals surface area contributed by atoms with Gasteiger partial charge in [0.1, 0.15) is 12.4 Å². The third kappa shape index (κ3) is 8.56. The van der Waals surface area contributed by atoms with E-state index in [0.29, 0.717) is 42.2 Å². The van der Waals surface area contributed by atoms with Crippen molar-refractivity contribution in [3.63, 3.8) is 0 Å². The Morgan fingerprint density at radius 2 is 2.10 bits per heavy atom. The van der Waals surface area contributed by atoms with Gasteiger partial charge in [-0.3, -0.25) is 4.79 Å². The van der Waals surface area contributed by atoms with Crippen molar-refractivity contribution in [2.75, 3.05) is 12.4 Å². The quantitative estimate of drug-likeness (QED) is 0.290. The van der Waals surface area contributed by atoms with E-state index < -0.39 is 24.3 Å². The summed E-state index contributed by atoms with van der Waals surface area (Å²) in [7, 11) is 0. The van der Waals surface area contributed by atoms with Crippen LogP contribution in [0.5, 0.6) is 5.75 Å². The van der Waals surface area contributed by atoms with Crippen LogP contribution < -0.4 is 4.74 Å². The van der Waals surface area contributed by atoms with Crippen molar-refractivity contribution in [1.82, 2.24) is 0 Å². The summed E-state index contributed by atoms with van der Waals surface area (Å²) in [5.41, 5.74) is 0. The molecule has 29 heavy (non-hydrogen) atoms. The van der Waals surface area contributed by atoms with Gasteiger partial charge in [-0.2, -0.15) is 11.8 Å². The van der Waals surface area contributed by atoms with Gasteiger partial charge in [-0.05, 0) is 37.5 Å². The van der Waals surface area contributed by atoms with Crippen molar-refractivity contribution in [2.45, 2.75) is 55.7 Å². The second kappa shape index (κ2) is 12.4. The van der Waals surface area contributed by atoms with Crippen LogP contribution in [0.2, 0.25) is 5.02 Å². The lowest BCUT2D eigenvalue weighted by Gasteiger charge is -2.23. The predicted molar refractivity (Wildman–Crippen MR) is 115 cm³/mol. The minimum absolute atomic E-state index is 0.105. The molecule has 162 valence electrons. The van der Waals surface area contributed by atoms with Crippen molar-refractivity contribution < 1.29 is 30.0 Å². The number of rotatable bonds is 12. The maximum atomic E-state index is 10.5. The SMILES string of the molecule is O=C(O)CCC/C=C\C[C@@H]1[C@@H](SC[C@@H](O)COc2cccc(Cl)c2)[C@H](O)C[C@@H]1O. The van der Waals surface area contributed by atoms with Gasteiger partial charge in [-0.1, -0.05) is 29.8 Å². The van der Waals surface area contributed by atoms with Crippen molar-refractivity contribution >= 4 is 29.3 Å². The molecule has 1 aromatic carbocycles. The highest BCUT2D eigenvalue weighted by Crippen LogP contribution is 2.38. The van der Waals surface area contributed by atoms with Crippen molar-refractivity contribution in [1.29, 1.82) is 0 Å². The second-order valence-corrected chi connectivity index (χ2v) is 8.89. The average molecular weight is 445 g/mol. The van der Waals surface area contributed by atoms with E-state index in [4.69, 9.17) is 21.4 Å². The molecule has 0 spiro atoms. The first-order valence-corrected chi connectivity index (χ1v) is 11.2. The Morgan fingerprint density at radius 1 is 1.31 bits per heavy atom. The summed E-state index contributed by atoms with van der Waals surface area (Å²) in [4.78, 5) is 10.5. The summed E-state index contributed by atoms with van der Waals surface area (Å²) >= 11 is 7.35. The van der Waals surface area contributed by atoms with Gasteiger partial charge in [0, 0.05) is 34.8 Å². The van der Waals surface area contributed by atoms with Gasteiger partial charge in [0.05, 0.1) is 18.3 Å². The van der Waals surface area contributed by atoms with E-state index in [1.165, 1.54) is 11.8 Å². The van der Waals surface area contributed by atoms with E-state index in [1.807, 2.05) is 12.2 Å². The van der Waals surface area contributed by atoms with Gasteiger partial charge in [-0.25, -0.2) is 0 Å². The number of unbranched alkanes of at least 4 members (excludes halogenated alkanes) is 1. The third-order valence-corrected chi connectivity index (χ3v) is 6.70. The number of hydrogen-bond acceptors (Lipinski definition) is 6. The van der Waals surface area contributed by atoms with Crippen LogP contribution in [0.15, 0.2) is 36.4 Å². The second-order valence-electron chi connectivity index (χ2n) is 7.25. The Labute approximate surface area is 180 Å². The molecule has 8 heteroatoms. The minimum atomic E-state index is -0.804. The number of carboxylic acid groups (broad SMARTS) is 1. The minimum Gasteiger partial charge on any atom is -0.491 e. The summed E-state index contributed by atoms with van der Waals surface area (Å²) in [6, 6.07) is 6.96. The number of allylic oxidation sites excluding steroid dienone is 2. The van der Waals surface area contributed by atoms with Crippen LogP contribution in [0.1, 0.15) is 32.1 Å². The molecule has 1 aliphatic rings. The summed E-state index contributed by atoms with van der Waals surface area (Å²) in [5, 5.41) is 39.8. The van der Waals surface area contributed by atoms with Crippen LogP contribution in [0.25, 0.3) is 0 Å². The zero-order valence-electron chi connectivity index (χ0n) is 16.2. The Hall–Kier alpha value is -1.25. The topological polar surface area (TPSA) is 107 Å². The Balaban J connectivity index is 1.75. The van der Waals surface area contributed by atoms with Gasteiger partial charge in [0.15, 0.2) is 0 Å². The number of ether oxygens (including phenoxy) is 1. The van der Waals surface area contributed by atoms with Gasteiger partial charge in [0.25, 0.3) is 0 Å². The number of hydrogen-bond donors (Lipinski definition) is 4. The first-order chi connectivity index (χ1) is 13.9. The molecule has 5 atom stereocenters. The monoisotopic (exact) mass is 444 g/mol. The normalized spacial score (nSPS) is 25.4. The largest absolute Gasteiger partial charge is 0.491 e. The number of halogens is 1. The third-order valence-electron chi connectivity index (χ3n) is 4.83. The Bertz CT molecular complexity index is 670. The number of carboxylic acids is 1. The molecular formula is C21H29ClO6S. The van der Waals surface area contributed by atoms with Crippen LogP contribution in [0, 0.1) is 5.92 Å². The molecule has 0 bridgehead atoms.